The van der Waals surface area contributed by atoms with Crippen molar-refractivity contribution in [3.05, 3.63) is 0 Å². The molecule has 0 aromatic heterocycles. The Morgan fingerprint density at radius 3 is 1.56 bits per heavy atom. The molecule has 5 heteroatoms. The van der Waals surface area contributed by atoms with E-state index in [4.69, 9.17) is 9.47 Å². The van der Waals surface area contributed by atoms with Gasteiger partial charge in [0.05, 0.1) is 33.3 Å². The van der Waals surface area contributed by atoms with Gasteiger partial charge < -0.3 is 9.47 Å². The molecule has 0 amide bonds. The van der Waals surface area contributed by atoms with Crippen molar-refractivity contribution in [2.24, 2.45) is 0 Å². The highest BCUT2D eigenvalue weighted by molar-refractivity contribution is 7.96. The average Bonchev–Trinajstić information content (AvgIpc) is 2.62. The van der Waals surface area contributed by atoms with Crippen LogP contribution in [0.1, 0.15) is 84.0 Å². The van der Waals surface area contributed by atoms with Gasteiger partial charge in [-0.05, 0) is 23.7 Å². The third-order valence-corrected chi connectivity index (χ3v) is 7.04. The van der Waals surface area contributed by atoms with Crippen molar-refractivity contribution in [1.82, 2.24) is 0 Å². The summed E-state index contributed by atoms with van der Waals surface area (Å²) >= 11 is 0. The van der Waals surface area contributed by atoms with E-state index in [-0.39, 0.29) is 28.1 Å². The van der Waals surface area contributed by atoms with Gasteiger partial charge in [-0.25, -0.2) is 0 Å². The largest absolute Gasteiger partial charge is 0.469 e. The van der Waals surface area contributed by atoms with Gasteiger partial charge in [0.2, 0.25) is 0 Å². The number of carbonyl (C=O) groups is 2. The third kappa shape index (κ3) is 14.2. The maximum absolute atomic E-state index is 11.6. The second-order valence-electron chi connectivity index (χ2n) is 6.76. The molecule has 0 aromatic rings. The van der Waals surface area contributed by atoms with Crippen LogP contribution in [-0.2, 0) is 30.0 Å². The molecule has 0 aliphatic heterocycles. The summed E-state index contributed by atoms with van der Waals surface area (Å²) in [7, 11) is 2.83. The van der Waals surface area contributed by atoms with Crippen LogP contribution < -0.4 is 0 Å². The fraction of sp³-hybridized carbons (Fsp3) is 0.900. The highest BCUT2D eigenvalue weighted by Crippen LogP contribution is 2.17. The molecule has 0 rings (SSSR count). The molecule has 148 valence electrons. The lowest BCUT2D eigenvalue weighted by molar-refractivity contribution is -0.142. The average molecular weight is 376 g/mol. The van der Waals surface area contributed by atoms with E-state index in [0.717, 1.165) is 5.75 Å². The summed E-state index contributed by atoms with van der Waals surface area (Å²) in [6, 6.07) is 0. The van der Waals surface area contributed by atoms with Gasteiger partial charge in [-0.1, -0.05) is 58.3 Å². The summed E-state index contributed by atoms with van der Waals surface area (Å²) in [4.78, 5) is 23.1. The lowest BCUT2D eigenvalue weighted by Gasteiger charge is -2.14. The number of carbonyl (C=O) groups excluding carboxylic acids is 2. The van der Waals surface area contributed by atoms with E-state index in [1.54, 1.807) is 0 Å². The van der Waals surface area contributed by atoms with Gasteiger partial charge in [0.1, 0.15) is 11.0 Å². The number of hydrogen-bond acceptors (Lipinski definition) is 4. The predicted molar refractivity (Wildman–Crippen MR) is 107 cm³/mol. The van der Waals surface area contributed by atoms with Crippen molar-refractivity contribution in [2.75, 3.05) is 26.2 Å². The molecule has 0 radical (unpaired) electrons. The summed E-state index contributed by atoms with van der Waals surface area (Å²) in [6.45, 7) is 2.25. The van der Waals surface area contributed by atoms with Gasteiger partial charge in [0.25, 0.3) is 0 Å². The quantitative estimate of drug-likeness (QED) is 0.224. The van der Waals surface area contributed by atoms with Crippen LogP contribution >= 0.6 is 0 Å². The third-order valence-electron chi connectivity index (χ3n) is 4.63. The zero-order valence-electron chi connectivity index (χ0n) is 16.8. The number of hydrogen-bond donors (Lipinski definition) is 0. The molecule has 1 unspecified atom stereocenters. The minimum atomic E-state index is -0.240. The molecule has 1 atom stereocenters. The van der Waals surface area contributed by atoms with Crippen LogP contribution in [0.15, 0.2) is 0 Å². The molecular formula is C20H39O4S+. The summed E-state index contributed by atoms with van der Waals surface area (Å²) in [5.41, 5.74) is 0. The fourth-order valence-electron chi connectivity index (χ4n) is 2.88. The number of rotatable bonds is 16. The second-order valence-corrected chi connectivity index (χ2v) is 9.22. The van der Waals surface area contributed by atoms with Crippen molar-refractivity contribution in [1.29, 1.82) is 0 Å². The van der Waals surface area contributed by atoms with Gasteiger partial charge in [-0.15, -0.1) is 0 Å². The summed E-state index contributed by atoms with van der Waals surface area (Å²) in [6.07, 6.45) is 16.0. The van der Waals surface area contributed by atoms with E-state index in [1.165, 1.54) is 78.4 Å². The van der Waals surface area contributed by atoms with E-state index >= 15 is 0 Å². The van der Waals surface area contributed by atoms with Gasteiger partial charge in [0.15, 0.2) is 0 Å². The van der Waals surface area contributed by atoms with Crippen molar-refractivity contribution in [3.63, 3.8) is 0 Å². The Kier molecular flexibility index (Phi) is 16.3. The van der Waals surface area contributed by atoms with Crippen molar-refractivity contribution in [3.8, 4) is 0 Å². The van der Waals surface area contributed by atoms with Crippen LogP contribution in [0.5, 0.6) is 0 Å². The first-order valence-electron chi connectivity index (χ1n) is 9.80. The lowest BCUT2D eigenvalue weighted by Crippen LogP contribution is -2.29. The molecule has 0 fully saturated rings. The monoisotopic (exact) mass is 375 g/mol. The van der Waals surface area contributed by atoms with Crippen LogP contribution in [0.4, 0.5) is 0 Å². The highest BCUT2D eigenvalue weighted by atomic mass is 32.2. The highest BCUT2D eigenvalue weighted by Gasteiger charge is 2.31. The molecular weight excluding hydrogens is 336 g/mol. The molecule has 0 aliphatic carbocycles. The van der Waals surface area contributed by atoms with E-state index in [9.17, 15) is 9.59 Å². The number of ether oxygens (including phenoxy) is 2. The lowest BCUT2D eigenvalue weighted by atomic mass is 10.1. The van der Waals surface area contributed by atoms with Crippen LogP contribution in [0.25, 0.3) is 0 Å². The number of unbranched alkanes of at least 4 members (excludes halogenated alkanes) is 9. The van der Waals surface area contributed by atoms with Gasteiger partial charge in [-0.3, -0.25) is 9.59 Å². The molecule has 0 saturated carbocycles. The van der Waals surface area contributed by atoms with Crippen LogP contribution in [0.3, 0.4) is 0 Å². The smallest absolute Gasteiger partial charge is 0.310 e. The van der Waals surface area contributed by atoms with Crippen LogP contribution in [-0.4, -0.2) is 43.4 Å². The molecule has 0 aromatic carbocycles. The Balaban J connectivity index is 3.87. The summed E-state index contributed by atoms with van der Waals surface area (Å²) in [5.74, 6) is 0.600. The van der Waals surface area contributed by atoms with Gasteiger partial charge in [-0.2, -0.15) is 0 Å². The molecule has 4 nitrogen and oxygen atoms in total. The van der Waals surface area contributed by atoms with E-state index in [2.05, 4.69) is 13.2 Å². The maximum atomic E-state index is 11.6. The Morgan fingerprint density at radius 2 is 1.16 bits per heavy atom. The van der Waals surface area contributed by atoms with Crippen molar-refractivity contribution >= 4 is 22.8 Å². The Labute approximate surface area is 157 Å². The second kappa shape index (κ2) is 16.7. The van der Waals surface area contributed by atoms with Crippen LogP contribution in [0.2, 0.25) is 0 Å². The number of methoxy groups -OCH3 is 2. The summed E-state index contributed by atoms with van der Waals surface area (Å²) in [5, 5.41) is 0.0402. The first-order chi connectivity index (χ1) is 12.0. The molecule has 25 heavy (non-hydrogen) atoms. The molecule has 0 spiro atoms. The zero-order chi connectivity index (χ0) is 18.9. The Bertz CT molecular complexity index is 329. The summed E-state index contributed by atoms with van der Waals surface area (Å²) < 4.78 is 9.53. The predicted octanol–water partition coefficient (Wildman–Crippen LogP) is 4.65. The first-order valence-corrected chi connectivity index (χ1v) is 11.7. The normalized spacial score (nSPS) is 12.2. The Morgan fingerprint density at radius 1 is 0.760 bits per heavy atom. The van der Waals surface area contributed by atoms with Gasteiger partial charge in [0, 0.05) is 0 Å². The molecule has 0 saturated heterocycles. The molecule has 0 aliphatic rings. The molecule has 0 bridgehead atoms. The number of esters is 2. The molecule has 0 N–H and O–H groups in total. The van der Waals surface area contributed by atoms with E-state index in [0.29, 0.717) is 12.8 Å². The minimum Gasteiger partial charge on any atom is -0.469 e. The maximum Gasteiger partial charge on any atom is 0.310 e. The van der Waals surface area contributed by atoms with Crippen molar-refractivity contribution in [2.45, 2.75) is 89.2 Å². The standard InChI is InChI=1S/C20H39O4S/c1-5-6-7-8-9-10-11-12-13-14-15-25(4)18(16-19(21)23-2)17-20(22)24-3/h18H,5-17H2,1-4H3/q+1. The van der Waals surface area contributed by atoms with Gasteiger partial charge >= 0.3 is 11.9 Å². The fourth-order valence-corrected chi connectivity index (χ4v) is 4.71. The van der Waals surface area contributed by atoms with Crippen molar-refractivity contribution < 1.29 is 19.1 Å². The zero-order valence-corrected chi connectivity index (χ0v) is 17.6. The molecule has 0 heterocycles. The topological polar surface area (TPSA) is 52.6 Å². The van der Waals surface area contributed by atoms with Crippen LogP contribution in [0, 0.1) is 0 Å². The Hall–Kier alpha value is -0.710. The van der Waals surface area contributed by atoms with E-state index in [1.807, 2.05) is 0 Å². The first kappa shape index (κ1) is 24.3. The minimum absolute atomic E-state index is 0.0335. The SMILES string of the molecule is CCCCCCCCCCCC[S+](C)C(CC(=O)OC)CC(=O)OC. The van der Waals surface area contributed by atoms with E-state index < -0.39 is 0 Å².